The van der Waals surface area contributed by atoms with Crippen LogP contribution in [0.25, 0.3) is 0 Å². The average Bonchev–Trinajstić information content (AvgIpc) is 2.29. The monoisotopic (exact) mass is 209 g/mol. The summed E-state index contributed by atoms with van der Waals surface area (Å²) in [6.07, 6.45) is 2.21. The fourth-order valence-electron chi connectivity index (χ4n) is 1.80. The summed E-state index contributed by atoms with van der Waals surface area (Å²) >= 11 is 0. The van der Waals surface area contributed by atoms with Gasteiger partial charge in [-0.2, -0.15) is 0 Å². The molecule has 3 heteroatoms. The number of halogens is 1. The summed E-state index contributed by atoms with van der Waals surface area (Å²) < 4.78 is 18.6. The second-order valence-electron chi connectivity index (χ2n) is 3.89. The first-order chi connectivity index (χ1) is 7.36. The van der Waals surface area contributed by atoms with Crippen LogP contribution < -0.4 is 5.32 Å². The van der Waals surface area contributed by atoms with E-state index in [0.29, 0.717) is 12.6 Å². The molecule has 1 saturated heterocycles. The fraction of sp³-hybridized carbons (Fsp3) is 0.500. The molecule has 0 aromatic heterocycles. The SMILES string of the molecule is Fc1ccccc1CNC1CCCOC1. The van der Waals surface area contributed by atoms with Crippen LogP contribution in [0.5, 0.6) is 0 Å². The van der Waals surface area contributed by atoms with E-state index in [1.165, 1.54) is 6.07 Å². The van der Waals surface area contributed by atoms with Crippen LogP contribution in [0.15, 0.2) is 24.3 Å². The molecule has 0 bridgehead atoms. The van der Waals surface area contributed by atoms with Crippen molar-refractivity contribution in [3.63, 3.8) is 0 Å². The zero-order valence-corrected chi connectivity index (χ0v) is 8.71. The van der Waals surface area contributed by atoms with Crippen molar-refractivity contribution in [1.29, 1.82) is 0 Å². The quantitative estimate of drug-likeness (QED) is 0.823. The van der Waals surface area contributed by atoms with Gasteiger partial charge < -0.3 is 10.1 Å². The van der Waals surface area contributed by atoms with E-state index in [2.05, 4.69) is 5.32 Å². The maximum absolute atomic E-state index is 13.3. The summed E-state index contributed by atoms with van der Waals surface area (Å²) in [6, 6.07) is 7.25. The van der Waals surface area contributed by atoms with Gasteiger partial charge in [0.15, 0.2) is 0 Å². The van der Waals surface area contributed by atoms with E-state index in [1.807, 2.05) is 12.1 Å². The number of hydrogen-bond donors (Lipinski definition) is 1. The molecule has 1 aromatic carbocycles. The molecule has 1 aliphatic heterocycles. The van der Waals surface area contributed by atoms with Gasteiger partial charge in [0.25, 0.3) is 0 Å². The molecule has 0 spiro atoms. The molecule has 1 aromatic rings. The van der Waals surface area contributed by atoms with Crippen LogP contribution in [0, 0.1) is 5.82 Å². The molecule has 1 aliphatic rings. The third kappa shape index (κ3) is 3.01. The van der Waals surface area contributed by atoms with Gasteiger partial charge in [-0.1, -0.05) is 18.2 Å². The third-order valence-electron chi connectivity index (χ3n) is 2.70. The van der Waals surface area contributed by atoms with E-state index in [0.717, 1.165) is 31.6 Å². The maximum Gasteiger partial charge on any atom is 0.127 e. The molecule has 0 amide bonds. The second-order valence-corrected chi connectivity index (χ2v) is 3.89. The van der Waals surface area contributed by atoms with Crippen LogP contribution in [0.4, 0.5) is 4.39 Å². The summed E-state index contributed by atoms with van der Waals surface area (Å²) in [6.45, 7) is 2.19. The highest BCUT2D eigenvalue weighted by Gasteiger charge is 2.13. The van der Waals surface area contributed by atoms with Crippen molar-refractivity contribution in [2.45, 2.75) is 25.4 Å². The van der Waals surface area contributed by atoms with Crippen LogP contribution in [-0.4, -0.2) is 19.3 Å². The molecule has 2 rings (SSSR count). The molecular weight excluding hydrogens is 193 g/mol. The van der Waals surface area contributed by atoms with Gasteiger partial charge in [0.1, 0.15) is 5.82 Å². The lowest BCUT2D eigenvalue weighted by Gasteiger charge is -2.23. The Morgan fingerprint density at radius 2 is 2.27 bits per heavy atom. The van der Waals surface area contributed by atoms with E-state index in [9.17, 15) is 4.39 Å². The van der Waals surface area contributed by atoms with Crippen LogP contribution in [0.3, 0.4) is 0 Å². The fourth-order valence-corrected chi connectivity index (χ4v) is 1.80. The largest absolute Gasteiger partial charge is 0.380 e. The van der Waals surface area contributed by atoms with Crippen molar-refractivity contribution >= 4 is 0 Å². The summed E-state index contributed by atoms with van der Waals surface area (Å²) in [7, 11) is 0. The Morgan fingerprint density at radius 3 is 3.00 bits per heavy atom. The zero-order chi connectivity index (χ0) is 10.5. The number of hydrogen-bond acceptors (Lipinski definition) is 2. The minimum absolute atomic E-state index is 0.137. The molecule has 0 aliphatic carbocycles. The zero-order valence-electron chi connectivity index (χ0n) is 8.71. The van der Waals surface area contributed by atoms with Crippen molar-refractivity contribution in [3.05, 3.63) is 35.6 Å². The van der Waals surface area contributed by atoms with Gasteiger partial charge in [0.2, 0.25) is 0 Å². The number of benzene rings is 1. The highest BCUT2D eigenvalue weighted by molar-refractivity contribution is 5.17. The molecule has 1 atom stereocenters. The third-order valence-corrected chi connectivity index (χ3v) is 2.70. The Labute approximate surface area is 89.4 Å². The first-order valence-electron chi connectivity index (χ1n) is 5.41. The van der Waals surface area contributed by atoms with Crippen molar-refractivity contribution in [3.8, 4) is 0 Å². The van der Waals surface area contributed by atoms with Gasteiger partial charge in [-0.05, 0) is 18.9 Å². The van der Waals surface area contributed by atoms with E-state index in [1.54, 1.807) is 6.07 Å². The molecule has 1 unspecified atom stereocenters. The minimum Gasteiger partial charge on any atom is -0.380 e. The topological polar surface area (TPSA) is 21.3 Å². The molecule has 1 heterocycles. The molecule has 1 N–H and O–H groups in total. The molecule has 0 saturated carbocycles. The highest BCUT2D eigenvalue weighted by atomic mass is 19.1. The molecular formula is C12H16FNO. The molecule has 15 heavy (non-hydrogen) atoms. The Morgan fingerprint density at radius 1 is 1.40 bits per heavy atom. The maximum atomic E-state index is 13.3. The molecule has 1 fully saturated rings. The van der Waals surface area contributed by atoms with E-state index < -0.39 is 0 Å². The normalized spacial score (nSPS) is 21.5. The van der Waals surface area contributed by atoms with Gasteiger partial charge in [-0.15, -0.1) is 0 Å². The van der Waals surface area contributed by atoms with Crippen molar-refractivity contribution in [2.75, 3.05) is 13.2 Å². The number of ether oxygens (including phenoxy) is 1. The highest BCUT2D eigenvalue weighted by Crippen LogP contribution is 2.09. The summed E-state index contributed by atoms with van der Waals surface area (Å²) in [5, 5.41) is 3.31. The van der Waals surface area contributed by atoms with E-state index >= 15 is 0 Å². The Hall–Kier alpha value is -0.930. The van der Waals surface area contributed by atoms with Gasteiger partial charge in [0.05, 0.1) is 6.61 Å². The Balaban J connectivity index is 1.84. The standard InChI is InChI=1S/C12H16FNO/c13-12-6-2-1-4-10(12)8-14-11-5-3-7-15-9-11/h1-2,4,6,11,14H,3,5,7-9H2. The van der Waals surface area contributed by atoms with Gasteiger partial charge >= 0.3 is 0 Å². The molecule has 82 valence electrons. The predicted molar refractivity (Wildman–Crippen MR) is 57.1 cm³/mol. The summed E-state index contributed by atoms with van der Waals surface area (Å²) in [5.74, 6) is -0.137. The van der Waals surface area contributed by atoms with Crippen LogP contribution in [0.1, 0.15) is 18.4 Å². The van der Waals surface area contributed by atoms with Gasteiger partial charge in [-0.25, -0.2) is 4.39 Å². The predicted octanol–water partition coefficient (Wildman–Crippen LogP) is 2.09. The molecule has 2 nitrogen and oxygen atoms in total. The van der Waals surface area contributed by atoms with Crippen molar-refractivity contribution in [2.24, 2.45) is 0 Å². The lowest BCUT2D eigenvalue weighted by molar-refractivity contribution is 0.0698. The minimum atomic E-state index is -0.137. The Kier molecular flexibility index (Phi) is 3.69. The Bertz CT molecular complexity index is 310. The average molecular weight is 209 g/mol. The lowest BCUT2D eigenvalue weighted by Crippen LogP contribution is -2.36. The van der Waals surface area contributed by atoms with Gasteiger partial charge in [0, 0.05) is 24.8 Å². The lowest BCUT2D eigenvalue weighted by atomic mass is 10.1. The van der Waals surface area contributed by atoms with E-state index in [4.69, 9.17) is 4.74 Å². The van der Waals surface area contributed by atoms with Crippen molar-refractivity contribution in [1.82, 2.24) is 5.32 Å². The number of nitrogens with one attached hydrogen (secondary N) is 1. The van der Waals surface area contributed by atoms with Crippen molar-refractivity contribution < 1.29 is 9.13 Å². The summed E-state index contributed by atoms with van der Waals surface area (Å²) in [5.41, 5.74) is 0.725. The number of rotatable bonds is 3. The van der Waals surface area contributed by atoms with Crippen LogP contribution in [-0.2, 0) is 11.3 Å². The van der Waals surface area contributed by atoms with Crippen LogP contribution in [0.2, 0.25) is 0 Å². The second kappa shape index (κ2) is 5.24. The summed E-state index contributed by atoms with van der Waals surface area (Å²) in [4.78, 5) is 0. The van der Waals surface area contributed by atoms with E-state index in [-0.39, 0.29) is 5.82 Å². The molecule has 0 radical (unpaired) electrons. The van der Waals surface area contributed by atoms with Crippen LogP contribution >= 0.6 is 0 Å². The first-order valence-corrected chi connectivity index (χ1v) is 5.41. The first kappa shape index (κ1) is 10.6. The smallest absolute Gasteiger partial charge is 0.127 e. The van der Waals surface area contributed by atoms with Gasteiger partial charge in [-0.3, -0.25) is 0 Å².